The molecule has 2 saturated heterocycles. The molecule has 0 aromatic heterocycles. The van der Waals surface area contributed by atoms with E-state index in [9.17, 15) is 4.79 Å². The Labute approximate surface area is 136 Å². The molecule has 3 rings (SSSR count). The van der Waals surface area contributed by atoms with Crippen molar-refractivity contribution in [2.45, 2.75) is 6.04 Å². The van der Waals surface area contributed by atoms with Crippen LogP contribution in [-0.4, -0.2) is 79.5 Å². The maximum Gasteiger partial charge on any atom is 0.241 e. The quantitative estimate of drug-likeness (QED) is 0.904. The van der Waals surface area contributed by atoms with Gasteiger partial charge in [0.1, 0.15) is 0 Å². The second-order valence-corrected chi connectivity index (χ2v) is 6.53. The third-order valence-electron chi connectivity index (χ3n) is 4.53. The number of halogens is 1. The molecule has 0 unspecified atom stereocenters. The predicted molar refractivity (Wildman–Crippen MR) is 89.4 cm³/mol. The Morgan fingerprint density at radius 2 is 1.91 bits per heavy atom. The first-order valence-corrected chi connectivity index (χ1v) is 8.20. The van der Waals surface area contributed by atoms with Gasteiger partial charge in [-0.25, -0.2) is 0 Å². The van der Waals surface area contributed by atoms with Gasteiger partial charge < -0.3 is 15.1 Å². The van der Waals surface area contributed by atoms with Crippen molar-refractivity contribution in [3.8, 4) is 0 Å². The van der Waals surface area contributed by atoms with Gasteiger partial charge in [0.15, 0.2) is 0 Å². The van der Waals surface area contributed by atoms with Gasteiger partial charge in [-0.2, -0.15) is 0 Å². The Bertz CT molecular complexity index is 525. The molecule has 0 radical (unpaired) electrons. The number of carbonyl (C=O) groups excluding carboxylic acids is 1. The first kappa shape index (κ1) is 15.6. The van der Waals surface area contributed by atoms with Gasteiger partial charge >= 0.3 is 0 Å². The molecule has 0 atom stereocenters. The highest BCUT2D eigenvalue weighted by molar-refractivity contribution is 6.33. The van der Waals surface area contributed by atoms with Crippen molar-refractivity contribution in [3.63, 3.8) is 0 Å². The monoisotopic (exact) mass is 322 g/mol. The molecule has 2 heterocycles. The van der Waals surface area contributed by atoms with E-state index in [1.807, 2.05) is 29.2 Å². The molecule has 120 valence electrons. The Hall–Kier alpha value is -1.30. The van der Waals surface area contributed by atoms with E-state index in [1.165, 1.54) is 0 Å². The van der Waals surface area contributed by atoms with Crippen molar-refractivity contribution < 1.29 is 4.79 Å². The molecule has 1 N–H and O–H groups in total. The Morgan fingerprint density at radius 3 is 2.55 bits per heavy atom. The third-order valence-corrected chi connectivity index (χ3v) is 4.86. The molecule has 22 heavy (non-hydrogen) atoms. The van der Waals surface area contributed by atoms with Crippen molar-refractivity contribution in [2.24, 2.45) is 0 Å². The number of anilines is 1. The van der Waals surface area contributed by atoms with Crippen LogP contribution in [0.1, 0.15) is 0 Å². The minimum atomic E-state index is 0.144. The summed E-state index contributed by atoms with van der Waals surface area (Å²) in [7, 11) is 2.15. The summed E-state index contributed by atoms with van der Waals surface area (Å²) in [6.07, 6.45) is 0. The molecule has 6 heteroatoms. The number of nitrogens with zero attached hydrogens (tertiary/aromatic N) is 3. The van der Waals surface area contributed by atoms with E-state index < -0.39 is 0 Å². The standard InChI is InChI=1S/C16H23ClN4O/c1-19-11-13(12-19)20-6-8-21(9-7-20)16(22)10-18-15-5-3-2-4-14(15)17/h2-5,13,18H,6-12H2,1H3. The molecule has 0 bridgehead atoms. The number of benzene rings is 1. The predicted octanol–water partition coefficient (Wildman–Crippen LogP) is 1.21. The van der Waals surface area contributed by atoms with Crippen LogP contribution < -0.4 is 5.32 Å². The number of rotatable bonds is 4. The topological polar surface area (TPSA) is 38.8 Å². The summed E-state index contributed by atoms with van der Waals surface area (Å²) >= 11 is 6.08. The highest BCUT2D eigenvalue weighted by atomic mass is 35.5. The largest absolute Gasteiger partial charge is 0.375 e. The molecule has 2 aliphatic rings. The zero-order valence-electron chi connectivity index (χ0n) is 13.0. The summed E-state index contributed by atoms with van der Waals surface area (Å²) in [5, 5.41) is 3.78. The van der Waals surface area contributed by atoms with Crippen molar-refractivity contribution in [1.82, 2.24) is 14.7 Å². The number of amides is 1. The lowest BCUT2D eigenvalue weighted by atomic mass is 10.1. The lowest BCUT2D eigenvalue weighted by molar-refractivity contribution is -0.131. The molecule has 1 aromatic carbocycles. The number of nitrogens with one attached hydrogen (secondary N) is 1. The maximum absolute atomic E-state index is 12.3. The van der Waals surface area contributed by atoms with Gasteiger partial charge in [-0.1, -0.05) is 23.7 Å². The molecule has 2 aliphatic heterocycles. The van der Waals surface area contributed by atoms with Gasteiger partial charge in [0, 0.05) is 45.3 Å². The van der Waals surface area contributed by atoms with Crippen LogP contribution in [0.3, 0.4) is 0 Å². The molecule has 1 amide bonds. The van der Waals surface area contributed by atoms with Gasteiger partial charge in [-0.15, -0.1) is 0 Å². The number of hydrogen-bond acceptors (Lipinski definition) is 4. The van der Waals surface area contributed by atoms with Crippen LogP contribution >= 0.6 is 11.6 Å². The minimum absolute atomic E-state index is 0.144. The lowest BCUT2D eigenvalue weighted by Crippen LogP contribution is -2.62. The Balaban J connectivity index is 1.43. The van der Waals surface area contributed by atoms with Crippen LogP contribution in [0.2, 0.25) is 5.02 Å². The highest BCUT2D eigenvalue weighted by Gasteiger charge is 2.32. The fraction of sp³-hybridized carbons (Fsp3) is 0.562. The molecule has 2 fully saturated rings. The van der Waals surface area contributed by atoms with E-state index >= 15 is 0 Å². The van der Waals surface area contributed by atoms with Crippen LogP contribution in [0.4, 0.5) is 5.69 Å². The van der Waals surface area contributed by atoms with Crippen molar-refractivity contribution in [3.05, 3.63) is 29.3 Å². The lowest BCUT2D eigenvalue weighted by Gasteiger charge is -2.46. The smallest absolute Gasteiger partial charge is 0.241 e. The summed E-state index contributed by atoms with van der Waals surface area (Å²) in [6, 6.07) is 8.19. The van der Waals surface area contributed by atoms with Crippen LogP contribution in [0.25, 0.3) is 0 Å². The van der Waals surface area contributed by atoms with Crippen molar-refractivity contribution in [2.75, 3.05) is 58.2 Å². The number of carbonyl (C=O) groups is 1. The fourth-order valence-electron chi connectivity index (χ4n) is 3.12. The van der Waals surface area contributed by atoms with Gasteiger partial charge in [0.25, 0.3) is 0 Å². The van der Waals surface area contributed by atoms with Crippen LogP contribution in [0.15, 0.2) is 24.3 Å². The summed E-state index contributed by atoms with van der Waals surface area (Å²) < 4.78 is 0. The van der Waals surface area contributed by atoms with Crippen LogP contribution in [0.5, 0.6) is 0 Å². The zero-order valence-corrected chi connectivity index (χ0v) is 13.7. The first-order valence-electron chi connectivity index (χ1n) is 7.82. The Kier molecular flexibility index (Phi) is 4.86. The summed E-state index contributed by atoms with van der Waals surface area (Å²) in [6.45, 7) is 6.22. The molecule has 1 aromatic rings. The van der Waals surface area contributed by atoms with Crippen LogP contribution in [0, 0.1) is 0 Å². The van der Waals surface area contributed by atoms with E-state index in [0.717, 1.165) is 45.0 Å². The van der Waals surface area contributed by atoms with E-state index in [2.05, 4.69) is 22.2 Å². The summed E-state index contributed by atoms with van der Waals surface area (Å²) in [4.78, 5) is 19.1. The number of piperazine rings is 1. The molecule has 0 aliphatic carbocycles. The second kappa shape index (κ2) is 6.86. The molecule has 0 spiro atoms. The number of para-hydroxylation sites is 1. The van der Waals surface area contributed by atoms with Gasteiger partial charge in [-0.05, 0) is 19.2 Å². The van der Waals surface area contributed by atoms with Crippen molar-refractivity contribution >= 4 is 23.2 Å². The van der Waals surface area contributed by atoms with E-state index in [0.29, 0.717) is 17.6 Å². The second-order valence-electron chi connectivity index (χ2n) is 6.13. The number of likely N-dealkylation sites (tertiary alicyclic amines) is 1. The molecular weight excluding hydrogens is 300 g/mol. The van der Waals surface area contributed by atoms with E-state index in [4.69, 9.17) is 11.6 Å². The first-order chi connectivity index (χ1) is 10.6. The third kappa shape index (κ3) is 3.54. The van der Waals surface area contributed by atoms with Crippen LogP contribution in [-0.2, 0) is 4.79 Å². The van der Waals surface area contributed by atoms with Gasteiger partial charge in [-0.3, -0.25) is 9.69 Å². The van der Waals surface area contributed by atoms with Crippen molar-refractivity contribution in [1.29, 1.82) is 0 Å². The number of likely N-dealkylation sites (N-methyl/N-ethyl adjacent to an activating group) is 1. The fourth-order valence-corrected chi connectivity index (χ4v) is 3.32. The van der Waals surface area contributed by atoms with E-state index in [-0.39, 0.29) is 5.91 Å². The molecular formula is C16H23ClN4O. The average Bonchev–Trinajstić information content (AvgIpc) is 2.51. The molecule has 0 saturated carbocycles. The summed E-state index contributed by atoms with van der Waals surface area (Å²) in [5.41, 5.74) is 0.814. The number of hydrogen-bond donors (Lipinski definition) is 1. The van der Waals surface area contributed by atoms with E-state index in [1.54, 1.807) is 0 Å². The minimum Gasteiger partial charge on any atom is -0.375 e. The van der Waals surface area contributed by atoms with Gasteiger partial charge in [0.2, 0.25) is 5.91 Å². The molecule has 5 nitrogen and oxygen atoms in total. The average molecular weight is 323 g/mol. The SMILES string of the molecule is CN1CC(N2CCN(C(=O)CNc3ccccc3Cl)CC2)C1. The van der Waals surface area contributed by atoms with Gasteiger partial charge in [0.05, 0.1) is 17.3 Å². The normalized spacial score (nSPS) is 20.7. The summed E-state index contributed by atoms with van der Waals surface area (Å²) in [5.74, 6) is 0.144. The highest BCUT2D eigenvalue weighted by Crippen LogP contribution is 2.20. The zero-order chi connectivity index (χ0) is 15.5. The maximum atomic E-state index is 12.3. The Morgan fingerprint density at radius 1 is 1.23 bits per heavy atom.